The number of fused-ring (bicyclic) bond motifs is 5. The fraction of sp³-hybridized carbons (Fsp3) is 0.889. The zero-order valence-corrected chi connectivity index (χ0v) is 13.0. The van der Waals surface area contributed by atoms with Gasteiger partial charge in [-0.05, 0) is 68.1 Å². The van der Waals surface area contributed by atoms with E-state index in [2.05, 4.69) is 13.0 Å². The number of aliphatic hydroxyl groups excluding tert-OH is 1. The second-order valence-electron chi connectivity index (χ2n) is 8.35. The first-order chi connectivity index (χ1) is 9.93. The van der Waals surface area contributed by atoms with E-state index in [1.165, 1.54) is 31.3 Å². The van der Waals surface area contributed by atoms with Crippen LogP contribution in [-0.2, 0) is 0 Å². The minimum Gasteiger partial charge on any atom is -0.387 e. The van der Waals surface area contributed by atoms with Gasteiger partial charge in [-0.25, -0.2) is 0 Å². The molecular formula is C18H28O3. The first-order valence-corrected chi connectivity index (χ1v) is 8.75. The maximum atomic E-state index is 10.5. The molecule has 3 N–H and O–H groups in total. The maximum absolute atomic E-state index is 10.5. The molecule has 3 nitrogen and oxygen atoms in total. The SMILES string of the molecule is C[C@@]12CCC[C@H]1[C@@H]1CC=C3CCC(O)C(O)(O)[C@@H]3[C@H]1CC2. The van der Waals surface area contributed by atoms with E-state index < -0.39 is 11.9 Å². The van der Waals surface area contributed by atoms with E-state index in [0.717, 1.165) is 25.2 Å². The van der Waals surface area contributed by atoms with E-state index in [4.69, 9.17) is 0 Å². The van der Waals surface area contributed by atoms with Crippen molar-refractivity contribution in [2.45, 2.75) is 70.2 Å². The first-order valence-electron chi connectivity index (χ1n) is 8.75. The molecule has 21 heavy (non-hydrogen) atoms. The van der Waals surface area contributed by atoms with E-state index in [0.29, 0.717) is 23.7 Å². The van der Waals surface area contributed by atoms with Crippen LogP contribution in [0.2, 0.25) is 0 Å². The molecule has 4 aliphatic rings. The molecule has 4 aliphatic carbocycles. The van der Waals surface area contributed by atoms with Gasteiger partial charge in [0, 0.05) is 5.92 Å². The Balaban J connectivity index is 1.70. The van der Waals surface area contributed by atoms with E-state index in [1.807, 2.05) is 0 Å². The third-order valence-electron chi connectivity index (χ3n) is 7.41. The van der Waals surface area contributed by atoms with Gasteiger partial charge in [-0.2, -0.15) is 0 Å². The molecule has 0 heterocycles. The van der Waals surface area contributed by atoms with Crippen LogP contribution in [0.25, 0.3) is 0 Å². The fourth-order valence-corrected chi connectivity index (χ4v) is 6.32. The molecule has 4 rings (SSSR count). The molecule has 1 unspecified atom stereocenters. The molecule has 0 radical (unpaired) electrons. The second-order valence-corrected chi connectivity index (χ2v) is 8.35. The van der Waals surface area contributed by atoms with Crippen molar-refractivity contribution in [3.63, 3.8) is 0 Å². The molecule has 0 aliphatic heterocycles. The normalized spacial score (nSPS) is 51.6. The molecule has 6 atom stereocenters. The number of hydrogen-bond acceptors (Lipinski definition) is 3. The van der Waals surface area contributed by atoms with Crippen LogP contribution >= 0.6 is 0 Å². The summed E-state index contributed by atoms with van der Waals surface area (Å²) in [5.74, 6) is -0.469. The molecule has 0 spiro atoms. The molecule has 0 aromatic carbocycles. The monoisotopic (exact) mass is 292 g/mol. The number of rotatable bonds is 0. The third-order valence-corrected chi connectivity index (χ3v) is 7.41. The summed E-state index contributed by atoms with van der Waals surface area (Å²) >= 11 is 0. The van der Waals surface area contributed by atoms with Crippen molar-refractivity contribution in [2.75, 3.05) is 0 Å². The molecule has 0 saturated heterocycles. The van der Waals surface area contributed by atoms with Gasteiger partial charge in [-0.1, -0.05) is 25.0 Å². The lowest BCUT2D eigenvalue weighted by atomic mass is 9.52. The predicted molar refractivity (Wildman–Crippen MR) is 80.3 cm³/mol. The van der Waals surface area contributed by atoms with E-state index in [-0.39, 0.29) is 5.92 Å². The lowest BCUT2D eigenvalue weighted by molar-refractivity contribution is -0.276. The molecule has 0 aromatic heterocycles. The van der Waals surface area contributed by atoms with Crippen LogP contribution in [0.4, 0.5) is 0 Å². The number of aliphatic hydroxyl groups is 3. The highest BCUT2D eigenvalue weighted by molar-refractivity contribution is 5.23. The Bertz CT molecular complexity index is 469. The number of hydrogen-bond donors (Lipinski definition) is 3. The molecule has 3 fully saturated rings. The standard InChI is InChI=1S/C18H28O3/c1-17-9-2-3-14(17)12-6-4-11-5-7-15(19)18(20,21)16(11)13(12)8-10-17/h4,12-16,19-21H,2-3,5-10H2,1H3/t12-,13+,14+,15?,16+,17+/m1/s1. The van der Waals surface area contributed by atoms with Crippen molar-refractivity contribution in [1.82, 2.24) is 0 Å². The zero-order chi connectivity index (χ0) is 14.8. The summed E-state index contributed by atoms with van der Waals surface area (Å²) in [6.45, 7) is 2.45. The van der Waals surface area contributed by atoms with Crippen molar-refractivity contribution in [2.24, 2.45) is 29.1 Å². The van der Waals surface area contributed by atoms with Gasteiger partial charge in [-0.3, -0.25) is 0 Å². The lowest BCUT2D eigenvalue weighted by Crippen LogP contribution is -2.58. The van der Waals surface area contributed by atoms with Gasteiger partial charge in [0.1, 0.15) is 6.10 Å². The minimum atomic E-state index is -1.92. The van der Waals surface area contributed by atoms with Crippen LogP contribution in [0.3, 0.4) is 0 Å². The van der Waals surface area contributed by atoms with Crippen LogP contribution in [0.5, 0.6) is 0 Å². The highest BCUT2D eigenvalue weighted by atomic mass is 16.5. The second kappa shape index (κ2) is 4.56. The largest absolute Gasteiger partial charge is 0.387 e. The van der Waals surface area contributed by atoms with Crippen molar-refractivity contribution >= 4 is 0 Å². The summed E-state index contributed by atoms with van der Waals surface area (Å²) < 4.78 is 0. The average molecular weight is 292 g/mol. The first kappa shape index (κ1) is 14.2. The molecule has 0 amide bonds. The molecule has 0 aromatic rings. The van der Waals surface area contributed by atoms with E-state index >= 15 is 0 Å². The Morgan fingerprint density at radius 2 is 1.90 bits per heavy atom. The van der Waals surface area contributed by atoms with Crippen LogP contribution in [0, 0.1) is 29.1 Å². The number of allylic oxidation sites excluding steroid dienone is 1. The minimum absolute atomic E-state index is 0.231. The van der Waals surface area contributed by atoms with E-state index in [9.17, 15) is 15.3 Å². The van der Waals surface area contributed by atoms with Crippen molar-refractivity contribution < 1.29 is 15.3 Å². The van der Waals surface area contributed by atoms with Gasteiger partial charge in [0.2, 0.25) is 0 Å². The molecule has 0 bridgehead atoms. The van der Waals surface area contributed by atoms with Crippen molar-refractivity contribution in [3.8, 4) is 0 Å². The Hall–Kier alpha value is -0.380. The van der Waals surface area contributed by atoms with Gasteiger partial charge in [0.05, 0.1) is 0 Å². The van der Waals surface area contributed by atoms with Gasteiger partial charge in [0.15, 0.2) is 5.79 Å². The van der Waals surface area contributed by atoms with Gasteiger partial charge >= 0.3 is 0 Å². The van der Waals surface area contributed by atoms with Gasteiger partial charge in [0.25, 0.3) is 0 Å². The Morgan fingerprint density at radius 1 is 1.10 bits per heavy atom. The third kappa shape index (κ3) is 1.90. The molecule has 3 heteroatoms. The highest BCUT2D eigenvalue weighted by Crippen LogP contribution is 2.62. The average Bonchev–Trinajstić information content (AvgIpc) is 2.84. The predicted octanol–water partition coefficient (Wildman–Crippen LogP) is 2.60. The van der Waals surface area contributed by atoms with E-state index in [1.54, 1.807) is 0 Å². The fourth-order valence-electron chi connectivity index (χ4n) is 6.32. The summed E-state index contributed by atoms with van der Waals surface area (Å²) in [5, 5.41) is 31.2. The summed E-state index contributed by atoms with van der Waals surface area (Å²) in [7, 11) is 0. The highest BCUT2D eigenvalue weighted by Gasteiger charge is 2.58. The summed E-state index contributed by atoms with van der Waals surface area (Å²) in [6.07, 6.45) is 10.0. The Labute approximate surface area is 127 Å². The smallest absolute Gasteiger partial charge is 0.196 e. The lowest BCUT2D eigenvalue weighted by Gasteiger charge is -2.55. The Morgan fingerprint density at radius 3 is 2.71 bits per heavy atom. The van der Waals surface area contributed by atoms with Crippen LogP contribution in [0.15, 0.2) is 11.6 Å². The molecule has 3 saturated carbocycles. The maximum Gasteiger partial charge on any atom is 0.196 e. The summed E-state index contributed by atoms with van der Waals surface area (Å²) in [6, 6.07) is 0. The quantitative estimate of drug-likeness (QED) is 0.475. The van der Waals surface area contributed by atoms with Crippen molar-refractivity contribution in [1.29, 1.82) is 0 Å². The van der Waals surface area contributed by atoms with Gasteiger partial charge < -0.3 is 15.3 Å². The Kier molecular flexibility index (Phi) is 3.09. The van der Waals surface area contributed by atoms with Crippen LogP contribution in [0.1, 0.15) is 58.3 Å². The zero-order valence-electron chi connectivity index (χ0n) is 13.0. The molecule has 118 valence electrons. The summed E-state index contributed by atoms with van der Waals surface area (Å²) in [4.78, 5) is 0. The summed E-state index contributed by atoms with van der Waals surface area (Å²) in [5.41, 5.74) is 1.68. The topological polar surface area (TPSA) is 60.7 Å². The van der Waals surface area contributed by atoms with Gasteiger partial charge in [-0.15, -0.1) is 0 Å². The van der Waals surface area contributed by atoms with Crippen LogP contribution < -0.4 is 0 Å². The molecular weight excluding hydrogens is 264 g/mol. The van der Waals surface area contributed by atoms with Crippen LogP contribution in [-0.4, -0.2) is 27.2 Å². The van der Waals surface area contributed by atoms with Crippen molar-refractivity contribution in [3.05, 3.63) is 11.6 Å².